The predicted molar refractivity (Wildman–Crippen MR) is 128 cm³/mol. The van der Waals surface area contributed by atoms with E-state index < -0.39 is 0 Å². The summed E-state index contributed by atoms with van der Waals surface area (Å²) in [7, 11) is 0. The first-order valence-corrected chi connectivity index (χ1v) is 11.9. The Bertz CT molecular complexity index is 1080. The Labute approximate surface area is 198 Å². The molecule has 0 saturated heterocycles. The average molecular weight is 465 g/mol. The number of hydrogen-bond acceptors (Lipinski definition) is 5. The third kappa shape index (κ3) is 5.93. The third-order valence-electron chi connectivity index (χ3n) is 5.54. The van der Waals surface area contributed by atoms with Crippen molar-refractivity contribution in [1.29, 1.82) is 0 Å². The Morgan fingerprint density at radius 3 is 2.42 bits per heavy atom. The van der Waals surface area contributed by atoms with Gasteiger partial charge in [0.05, 0.1) is 13.0 Å². The van der Waals surface area contributed by atoms with E-state index in [1.807, 2.05) is 79.9 Å². The molecule has 0 atom stereocenters. The molecule has 3 aromatic rings. The van der Waals surface area contributed by atoms with Crippen LogP contribution in [0.1, 0.15) is 29.9 Å². The van der Waals surface area contributed by atoms with Gasteiger partial charge in [-0.1, -0.05) is 42.5 Å². The minimum absolute atomic E-state index is 0.0409. The minimum Gasteiger partial charge on any atom is -0.454 e. The highest BCUT2D eigenvalue weighted by molar-refractivity contribution is 7.09. The Kier molecular flexibility index (Phi) is 7.29. The molecule has 0 fully saturated rings. The maximum atomic E-state index is 13.5. The van der Waals surface area contributed by atoms with Crippen molar-refractivity contribution in [2.75, 3.05) is 13.3 Å². The van der Waals surface area contributed by atoms with E-state index in [1.54, 1.807) is 21.1 Å². The van der Waals surface area contributed by atoms with Gasteiger partial charge in [-0.25, -0.2) is 0 Å². The van der Waals surface area contributed by atoms with E-state index in [9.17, 15) is 9.59 Å². The number of carbonyl (C=O) groups excluding carboxylic acids is 2. The number of nitrogens with zero attached hydrogens (tertiary/aromatic N) is 2. The van der Waals surface area contributed by atoms with Crippen LogP contribution in [0.4, 0.5) is 0 Å². The van der Waals surface area contributed by atoms with Crippen LogP contribution in [0.25, 0.3) is 0 Å². The first-order chi connectivity index (χ1) is 16.0. The summed E-state index contributed by atoms with van der Waals surface area (Å²) in [5.74, 6) is 1.27. The van der Waals surface area contributed by atoms with E-state index in [2.05, 4.69) is 0 Å². The van der Waals surface area contributed by atoms with E-state index in [4.69, 9.17) is 9.47 Å². The molecule has 1 aromatic heterocycles. The second kappa shape index (κ2) is 10.5. The fourth-order valence-corrected chi connectivity index (χ4v) is 4.48. The average Bonchev–Trinajstić information content (AvgIpc) is 3.49. The second-order valence-electron chi connectivity index (χ2n) is 8.29. The fourth-order valence-electron chi connectivity index (χ4n) is 3.76. The Morgan fingerprint density at radius 1 is 0.909 bits per heavy atom. The number of fused-ring (bicyclic) bond motifs is 1. The topological polar surface area (TPSA) is 59.1 Å². The molecule has 2 amide bonds. The third-order valence-corrected chi connectivity index (χ3v) is 6.40. The molecule has 2 aromatic carbocycles. The zero-order valence-electron chi connectivity index (χ0n) is 18.9. The van der Waals surface area contributed by atoms with Gasteiger partial charge in [0, 0.05) is 17.5 Å². The van der Waals surface area contributed by atoms with Crippen molar-refractivity contribution in [2.45, 2.75) is 39.4 Å². The highest BCUT2D eigenvalue weighted by atomic mass is 32.1. The quantitative estimate of drug-likeness (QED) is 0.468. The molecular formula is C26H28N2O4S. The molecule has 0 unspecified atom stereocenters. The first-order valence-electron chi connectivity index (χ1n) is 11.0. The summed E-state index contributed by atoms with van der Waals surface area (Å²) in [6.07, 6.45) is 0.277. The van der Waals surface area contributed by atoms with Crippen LogP contribution in [0.5, 0.6) is 11.5 Å². The lowest BCUT2D eigenvalue weighted by Gasteiger charge is -2.30. The van der Waals surface area contributed by atoms with Gasteiger partial charge in [-0.05, 0) is 48.6 Å². The summed E-state index contributed by atoms with van der Waals surface area (Å²) in [5.41, 5.74) is 1.90. The van der Waals surface area contributed by atoms with Gasteiger partial charge in [-0.2, -0.15) is 0 Å². The van der Waals surface area contributed by atoms with Crippen LogP contribution < -0.4 is 9.47 Å². The van der Waals surface area contributed by atoms with Crippen molar-refractivity contribution in [1.82, 2.24) is 9.80 Å². The number of carbonyl (C=O) groups is 2. The van der Waals surface area contributed by atoms with Crippen molar-refractivity contribution in [3.05, 3.63) is 82.0 Å². The Balaban J connectivity index is 1.49. The number of benzene rings is 2. The van der Waals surface area contributed by atoms with Gasteiger partial charge >= 0.3 is 0 Å². The lowest BCUT2D eigenvalue weighted by atomic mass is 10.1. The molecule has 1 aliphatic heterocycles. The van der Waals surface area contributed by atoms with Crippen molar-refractivity contribution >= 4 is 23.2 Å². The summed E-state index contributed by atoms with van der Waals surface area (Å²) in [5, 5.41) is 2.00. The number of rotatable bonds is 9. The highest BCUT2D eigenvalue weighted by Gasteiger charge is 2.25. The van der Waals surface area contributed by atoms with E-state index in [-0.39, 0.29) is 37.6 Å². The van der Waals surface area contributed by atoms with Crippen LogP contribution in [0.15, 0.2) is 66.0 Å². The molecule has 0 N–H and O–H groups in total. The minimum atomic E-state index is -0.0869. The van der Waals surface area contributed by atoms with E-state index >= 15 is 0 Å². The van der Waals surface area contributed by atoms with Gasteiger partial charge in [0.1, 0.15) is 6.54 Å². The molecule has 1 aliphatic rings. The molecule has 172 valence electrons. The van der Waals surface area contributed by atoms with Crippen LogP contribution >= 0.6 is 11.3 Å². The summed E-state index contributed by atoms with van der Waals surface area (Å²) < 4.78 is 10.9. The van der Waals surface area contributed by atoms with E-state index in [0.29, 0.717) is 24.6 Å². The van der Waals surface area contributed by atoms with Crippen molar-refractivity contribution < 1.29 is 19.1 Å². The molecule has 7 heteroatoms. The zero-order chi connectivity index (χ0) is 23.2. The lowest BCUT2D eigenvalue weighted by Crippen LogP contribution is -2.46. The van der Waals surface area contributed by atoms with Crippen LogP contribution in [-0.4, -0.2) is 41.0 Å². The summed E-state index contributed by atoms with van der Waals surface area (Å²) in [4.78, 5) is 31.1. The molecule has 4 rings (SSSR count). The lowest BCUT2D eigenvalue weighted by molar-refractivity contribution is -0.142. The van der Waals surface area contributed by atoms with E-state index in [0.717, 1.165) is 16.0 Å². The summed E-state index contributed by atoms with van der Waals surface area (Å²) in [6.45, 7) is 5.05. The van der Waals surface area contributed by atoms with Crippen molar-refractivity contribution in [2.24, 2.45) is 0 Å². The number of ether oxygens (including phenoxy) is 2. The molecule has 0 saturated carbocycles. The van der Waals surface area contributed by atoms with Gasteiger partial charge in [-0.15, -0.1) is 11.3 Å². The zero-order valence-corrected chi connectivity index (χ0v) is 19.7. The summed E-state index contributed by atoms with van der Waals surface area (Å²) >= 11 is 1.61. The van der Waals surface area contributed by atoms with Crippen molar-refractivity contribution in [3.8, 4) is 11.5 Å². The molecule has 0 spiro atoms. The standard InChI is InChI=1S/C26H28N2O4S/c1-19(2)28(25(29)14-20-7-4-3-5-8-20)17-26(30)27(16-22-9-6-12-33-22)15-21-10-11-23-24(13-21)32-18-31-23/h3-13,19H,14-18H2,1-2H3. The van der Waals surface area contributed by atoms with Crippen LogP contribution in [0.3, 0.4) is 0 Å². The van der Waals surface area contributed by atoms with Gasteiger partial charge < -0.3 is 19.3 Å². The van der Waals surface area contributed by atoms with Gasteiger partial charge in [0.2, 0.25) is 18.6 Å². The Morgan fingerprint density at radius 2 is 1.70 bits per heavy atom. The molecule has 0 radical (unpaired) electrons. The molecule has 6 nitrogen and oxygen atoms in total. The molecule has 2 heterocycles. The number of hydrogen-bond donors (Lipinski definition) is 0. The van der Waals surface area contributed by atoms with Gasteiger partial charge in [0.15, 0.2) is 11.5 Å². The smallest absolute Gasteiger partial charge is 0.242 e. The normalized spacial score (nSPS) is 12.1. The maximum Gasteiger partial charge on any atom is 0.242 e. The molecule has 0 aliphatic carbocycles. The SMILES string of the molecule is CC(C)N(CC(=O)N(Cc1ccc2c(c1)OCO2)Cc1cccs1)C(=O)Cc1ccccc1. The summed E-state index contributed by atoms with van der Waals surface area (Å²) in [6, 6.07) is 19.3. The van der Waals surface area contributed by atoms with Crippen LogP contribution in [0.2, 0.25) is 0 Å². The molecule has 0 bridgehead atoms. The number of amides is 2. The van der Waals surface area contributed by atoms with E-state index in [1.165, 1.54) is 0 Å². The highest BCUT2D eigenvalue weighted by Crippen LogP contribution is 2.33. The second-order valence-corrected chi connectivity index (χ2v) is 9.33. The predicted octanol–water partition coefficient (Wildman–Crippen LogP) is 4.49. The monoisotopic (exact) mass is 464 g/mol. The van der Waals surface area contributed by atoms with Crippen LogP contribution in [-0.2, 0) is 29.1 Å². The molecular weight excluding hydrogens is 436 g/mol. The molecule has 33 heavy (non-hydrogen) atoms. The van der Waals surface area contributed by atoms with Crippen molar-refractivity contribution in [3.63, 3.8) is 0 Å². The maximum absolute atomic E-state index is 13.5. The fraction of sp³-hybridized carbons (Fsp3) is 0.308. The number of thiophene rings is 1. The van der Waals surface area contributed by atoms with Gasteiger partial charge in [0.25, 0.3) is 0 Å². The largest absolute Gasteiger partial charge is 0.454 e. The Hall–Kier alpha value is -3.32. The van der Waals surface area contributed by atoms with Gasteiger partial charge in [-0.3, -0.25) is 9.59 Å². The van der Waals surface area contributed by atoms with Crippen LogP contribution in [0, 0.1) is 0 Å². The first kappa shape index (κ1) is 22.9.